The van der Waals surface area contributed by atoms with Crippen molar-refractivity contribution in [3.63, 3.8) is 0 Å². The highest BCUT2D eigenvalue weighted by Gasteiger charge is 2.45. The molecule has 3 nitrogen and oxygen atoms in total. The average molecular weight is 1570 g/mol. The molecule has 0 aliphatic rings. The van der Waals surface area contributed by atoms with Crippen LogP contribution in [0.2, 0.25) is 0 Å². The fourth-order valence-electron chi connectivity index (χ4n) is 13.4. The largest absolute Gasteiger partial charge is 0.417 e. The lowest BCUT2D eigenvalue weighted by Gasteiger charge is -2.25. The molecule has 0 aliphatic carbocycles. The summed E-state index contributed by atoms with van der Waals surface area (Å²) in [5.41, 5.74) is -33.2. The highest BCUT2D eigenvalue weighted by molar-refractivity contribution is 6.15. The first kappa shape index (κ1) is 76.6. The summed E-state index contributed by atoms with van der Waals surface area (Å²) in [4.78, 5) is 0. The molecule has 2 aromatic heterocycles. The summed E-state index contributed by atoms with van der Waals surface area (Å²) in [6, 6.07) is 19.9. The van der Waals surface area contributed by atoms with Crippen molar-refractivity contribution in [1.29, 1.82) is 5.26 Å². The normalized spacial score (nSPS) is 13.4. The van der Waals surface area contributed by atoms with Crippen LogP contribution in [0.3, 0.4) is 0 Å². The predicted molar refractivity (Wildman–Crippen MR) is 342 cm³/mol. The molecule has 0 saturated heterocycles. The fraction of sp³-hybridized carbons (Fsp3) is 0.130. The molecule has 0 radical (unpaired) electrons. The van der Waals surface area contributed by atoms with E-state index in [1.807, 2.05) is 0 Å². The highest BCUT2D eigenvalue weighted by atomic mass is 19.4. The van der Waals surface area contributed by atoms with Gasteiger partial charge in [0.2, 0.25) is 0 Å². The second-order valence-electron chi connectivity index (χ2n) is 25.0. The van der Waals surface area contributed by atoms with Gasteiger partial charge in [0.15, 0.2) is 0 Å². The van der Waals surface area contributed by atoms with E-state index in [1.165, 1.54) is 0 Å². The molecule has 110 heavy (non-hydrogen) atoms. The molecule has 0 amide bonds. The Morgan fingerprint density at radius 1 is 0.218 bits per heavy atom. The lowest BCUT2D eigenvalue weighted by atomic mass is 9.85. The molecular weight excluding hydrogens is 1540 g/mol. The quantitative estimate of drug-likeness (QED) is 0.140. The van der Waals surface area contributed by atoms with Crippen molar-refractivity contribution in [1.82, 2.24) is 9.13 Å². The average Bonchev–Trinajstić information content (AvgIpc) is 1.35. The summed E-state index contributed by atoms with van der Waals surface area (Å²) < 4.78 is 445. The van der Waals surface area contributed by atoms with Crippen molar-refractivity contribution >= 4 is 43.6 Å². The van der Waals surface area contributed by atoms with Gasteiger partial charge in [-0.1, -0.05) is 48.5 Å². The Labute approximate surface area is 595 Å². The van der Waals surface area contributed by atoms with Gasteiger partial charge in [-0.2, -0.15) is 137 Å². The third kappa shape index (κ3) is 14.2. The van der Waals surface area contributed by atoms with Gasteiger partial charge in [0.25, 0.3) is 0 Å². The van der Waals surface area contributed by atoms with Crippen molar-refractivity contribution in [2.75, 3.05) is 0 Å². The molecule has 0 spiro atoms. The van der Waals surface area contributed by atoms with Crippen molar-refractivity contribution in [3.8, 4) is 84.2 Å². The van der Waals surface area contributed by atoms with Gasteiger partial charge in [-0.25, -0.2) is 0 Å². The monoisotopic (exact) mass is 1570 g/mol. The minimum absolute atomic E-state index is 0.198. The molecule has 0 atom stereocenters. The van der Waals surface area contributed by atoms with Crippen LogP contribution in [0.5, 0.6) is 0 Å². The van der Waals surface area contributed by atoms with Gasteiger partial charge in [-0.3, -0.25) is 0 Å². The molecule has 2 heterocycles. The molecule has 0 N–H and O–H groups in total. The van der Waals surface area contributed by atoms with E-state index in [0.29, 0.717) is 12.1 Å². The Kier molecular flexibility index (Phi) is 18.0. The Morgan fingerprint density at radius 3 is 0.691 bits per heavy atom. The van der Waals surface area contributed by atoms with Gasteiger partial charge in [0, 0.05) is 38.2 Å². The second kappa shape index (κ2) is 25.8. The molecule has 33 heteroatoms. The SMILES string of the molecule is N#Cc1cccc(-n2c3ccc(-c4cc(C(F)(F)F)cc(C(F)(F)F)c4)cc3c3cc(-c4cc(C(F)(F)F)cc(C(F)(F)F)c4)ccc32)c1-c1c(-c2c(C(F)(F)F)cccc2C(F)(F)F)cccc1-n1c2ccc(-c3cc(C(F)(F)F)cc(C(F)(F)F)c3)cc2c2cc(-c3cc(C(F)(F)F)cc(C(F)(F)F)c3)ccc21. The van der Waals surface area contributed by atoms with E-state index in [9.17, 15) is 111 Å². The van der Waals surface area contributed by atoms with Crippen LogP contribution < -0.4 is 0 Å². The van der Waals surface area contributed by atoms with E-state index in [-0.39, 0.29) is 96.0 Å². The maximum atomic E-state index is 15.9. The van der Waals surface area contributed by atoms with Crippen molar-refractivity contribution in [2.24, 2.45) is 0 Å². The minimum Gasteiger partial charge on any atom is -0.309 e. The summed E-state index contributed by atoms with van der Waals surface area (Å²) in [5, 5.41) is 9.68. The zero-order valence-corrected chi connectivity index (χ0v) is 53.7. The van der Waals surface area contributed by atoms with Crippen LogP contribution >= 0.6 is 0 Å². The molecular formula is C77H33F30N3. The summed E-state index contributed by atoms with van der Waals surface area (Å²) in [6.45, 7) is 0. The van der Waals surface area contributed by atoms with Crippen LogP contribution in [0.1, 0.15) is 61.2 Å². The first-order valence-corrected chi connectivity index (χ1v) is 31.1. The number of rotatable bonds is 8. The van der Waals surface area contributed by atoms with Gasteiger partial charge in [-0.15, -0.1) is 0 Å². The second-order valence-corrected chi connectivity index (χ2v) is 25.0. The molecule has 0 aliphatic heterocycles. The number of benzene rings is 11. The third-order valence-corrected chi connectivity index (χ3v) is 18.1. The molecule has 0 fully saturated rings. The molecule has 0 bridgehead atoms. The number of halogens is 30. The predicted octanol–water partition coefficient (Wildman–Crippen LogP) is 27.9. The third-order valence-electron chi connectivity index (χ3n) is 18.1. The molecule has 0 unspecified atom stereocenters. The Balaban J connectivity index is 1.20. The zero-order chi connectivity index (χ0) is 80.2. The van der Waals surface area contributed by atoms with E-state index in [0.717, 1.165) is 112 Å². The molecule has 13 rings (SSSR count). The van der Waals surface area contributed by atoms with E-state index in [1.54, 1.807) is 6.07 Å². The number of nitrogens with zero attached hydrogens (tertiary/aromatic N) is 3. The number of alkyl halides is 30. The van der Waals surface area contributed by atoms with Crippen LogP contribution in [-0.2, 0) is 61.8 Å². The molecule has 566 valence electrons. The first-order chi connectivity index (χ1) is 50.8. The van der Waals surface area contributed by atoms with Crippen molar-refractivity contribution < 1.29 is 132 Å². The maximum absolute atomic E-state index is 15.9. The number of aromatic nitrogens is 2. The van der Waals surface area contributed by atoms with Gasteiger partial charge in [0.05, 0.1) is 101 Å². The van der Waals surface area contributed by atoms with Crippen LogP contribution in [0.15, 0.2) is 200 Å². The van der Waals surface area contributed by atoms with Crippen LogP contribution in [-0.4, -0.2) is 9.13 Å². The first-order valence-electron chi connectivity index (χ1n) is 31.1. The molecule has 0 saturated carbocycles. The van der Waals surface area contributed by atoms with Crippen molar-refractivity contribution in [3.05, 3.63) is 261 Å². The summed E-state index contributed by atoms with van der Waals surface area (Å²) in [6.07, 6.45) is -55.7. The number of nitriles is 1. The molecule has 11 aromatic carbocycles. The van der Waals surface area contributed by atoms with Gasteiger partial charge in [-0.05, 0) is 202 Å². The van der Waals surface area contributed by atoms with E-state index in [4.69, 9.17) is 0 Å². The van der Waals surface area contributed by atoms with Crippen LogP contribution in [0, 0.1) is 11.3 Å². The van der Waals surface area contributed by atoms with E-state index < -0.39 is 234 Å². The van der Waals surface area contributed by atoms with E-state index in [2.05, 4.69) is 0 Å². The minimum atomic E-state index is -5.81. The number of hydrogen-bond acceptors (Lipinski definition) is 1. The molecule has 13 aromatic rings. The summed E-state index contributed by atoms with van der Waals surface area (Å²) in [5.74, 6) is 0. The fourth-order valence-corrected chi connectivity index (χ4v) is 13.4. The Hall–Kier alpha value is -11.6. The lowest BCUT2D eigenvalue weighted by molar-refractivity contribution is -0.144. The Morgan fingerprint density at radius 2 is 0.455 bits per heavy atom. The standard InChI is InChI=1S/C77H33F30N3/c78-68(79,80)44-18-40(19-45(30-44)69(81,82)83)35-10-14-59-53(26-35)54-27-36(41-20-46(70(84,85)86)31-47(21-41)71(87,88)89)11-15-60(54)109(59)63-8-1-4-39(34-108)65(63)67-52(66-57(76(102,103)104)6-3-7-58(66)77(105,106)107)5-2-9-64(67)110-61-16-12-37(42-22-48(72(90,91)92)32-49(23-42)73(93,94)95)28-55(61)56-29-38(13-17-62(56)110)43-24-50(74(96,97)98)33-51(25-43)75(99,100)101/h1-33H. The smallest absolute Gasteiger partial charge is 0.309 e. The van der Waals surface area contributed by atoms with Crippen LogP contribution in [0.25, 0.3) is 122 Å². The van der Waals surface area contributed by atoms with Crippen LogP contribution in [0.4, 0.5) is 132 Å². The van der Waals surface area contributed by atoms with E-state index >= 15 is 26.3 Å². The van der Waals surface area contributed by atoms with Gasteiger partial charge >= 0.3 is 61.8 Å². The van der Waals surface area contributed by atoms with Gasteiger partial charge in [0.1, 0.15) is 0 Å². The number of fused-ring (bicyclic) bond motifs is 6. The topological polar surface area (TPSA) is 33.6 Å². The summed E-state index contributed by atoms with van der Waals surface area (Å²) in [7, 11) is 0. The van der Waals surface area contributed by atoms with Crippen molar-refractivity contribution in [2.45, 2.75) is 61.8 Å². The highest BCUT2D eigenvalue weighted by Crippen LogP contribution is 2.54. The summed E-state index contributed by atoms with van der Waals surface area (Å²) >= 11 is 0. The lowest BCUT2D eigenvalue weighted by Crippen LogP contribution is -2.15. The zero-order valence-electron chi connectivity index (χ0n) is 53.7. The van der Waals surface area contributed by atoms with Gasteiger partial charge < -0.3 is 9.13 Å². The Bertz CT molecular complexity index is 5520. The maximum Gasteiger partial charge on any atom is 0.417 e. The number of hydrogen-bond donors (Lipinski definition) is 0.